The summed E-state index contributed by atoms with van der Waals surface area (Å²) in [6.45, 7) is 3.04. The second-order valence-electron chi connectivity index (χ2n) is 5.50. The van der Waals surface area contributed by atoms with E-state index in [-0.39, 0.29) is 11.8 Å². The highest BCUT2D eigenvalue weighted by atomic mass is 16.2. The molecule has 0 aliphatic carbocycles. The molecule has 0 bridgehead atoms. The first-order chi connectivity index (χ1) is 10.1. The van der Waals surface area contributed by atoms with Crippen LogP contribution in [0.5, 0.6) is 0 Å². The Balaban J connectivity index is 1.83. The van der Waals surface area contributed by atoms with Crippen molar-refractivity contribution in [3.05, 3.63) is 36.0 Å². The van der Waals surface area contributed by atoms with E-state index >= 15 is 0 Å². The second-order valence-corrected chi connectivity index (χ2v) is 5.50. The number of likely N-dealkylation sites (tertiary alicyclic amines) is 1. The van der Waals surface area contributed by atoms with Crippen LogP contribution in [0.4, 0.5) is 0 Å². The van der Waals surface area contributed by atoms with Gasteiger partial charge in [0, 0.05) is 43.5 Å². The fourth-order valence-corrected chi connectivity index (χ4v) is 2.72. The molecule has 2 heterocycles. The van der Waals surface area contributed by atoms with Gasteiger partial charge in [0.1, 0.15) is 6.04 Å². The van der Waals surface area contributed by atoms with Crippen LogP contribution in [-0.2, 0) is 16.0 Å². The molecular weight excluding hydrogens is 266 g/mol. The molecule has 1 aliphatic heterocycles. The van der Waals surface area contributed by atoms with Crippen LogP contribution < -0.4 is 5.32 Å². The molecule has 21 heavy (non-hydrogen) atoms. The third kappa shape index (κ3) is 2.77. The number of nitrogens with one attached hydrogen (secondary N) is 2. The average molecular weight is 285 g/mol. The van der Waals surface area contributed by atoms with Crippen LogP contribution in [0.15, 0.2) is 30.5 Å². The van der Waals surface area contributed by atoms with Gasteiger partial charge < -0.3 is 15.2 Å². The number of carbonyl (C=O) groups is 2. The van der Waals surface area contributed by atoms with Crippen LogP contribution in [0.3, 0.4) is 0 Å². The molecule has 2 amide bonds. The fraction of sp³-hybridized carbons (Fsp3) is 0.375. The number of carbonyl (C=O) groups excluding carboxylic acids is 2. The molecule has 5 heteroatoms. The number of nitrogens with zero attached hydrogens (tertiary/aromatic N) is 1. The highest BCUT2D eigenvalue weighted by Crippen LogP contribution is 2.20. The highest BCUT2D eigenvalue weighted by molar-refractivity contribution is 5.89. The van der Waals surface area contributed by atoms with E-state index in [0.717, 1.165) is 36.0 Å². The molecule has 1 atom stereocenters. The van der Waals surface area contributed by atoms with Crippen molar-refractivity contribution in [3.8, 4) is 0 Å². The number of H-pyrrole nitrogens is 1. The minimum atomic E-state index is -0.484. The predicted molar refractivity (Wildman–Crippen MR) is 80.8 cm³/mol. The number of para-hydroxylation sites is 1. The van der Waals surface area contributed by atoms with Crippen LogP contribution in [0.25, 0.3) is 10.9 Å². The quantitative estimate of drug-likeness (QED) is 0.893. The lowest BCUT2D eigenvalue weighted by atomic mass is 10.0. The van der Waals surface area contributed by atoms with Crippen molar-refractivity contribution in [2.45, 2.75) is 25.8 Å². The van der Waals surface area contributed by atoms with Crippen molar-refractivity contribution in [2.24, 2.45) is 0 Å². The number of amides is 2. The Labute approximate surface area is 123 Å². The van der Waals surface area contributed by atoms with Gasteiger partial charge in [-0.15, -0.1) is 0 Å². The summed E-state index contributed by atoms with van der Waals surface area (Å²) in [7, 11) is 0. The standard InChI is InChI=1S/C16H19N3O2/c1-11(20)18-15(16(21)19-7-4-8-19)9-12-10-17-14-6-3-2-5-13(12)14/h2-3,5-6,10,15,17H,4,7-9H2,1H3,(H,18,20)/t15-/m1/s1. The Morgan fingerprint density at radius 2 is 2.10 bits per heavy atom. The van der Waals surface area contributed by atoms with Crippen molar-refractivity contribution >= 4 is 22.7 Å². The Kier molecular flexibility index (Phi) is 3.64. The number of benzene rings is 1. The monoisotopic (exact) mass is 285 g/mol. The molecule has 5 nitrogen and oxygen atoms in total. The van der Waals surface area contributed by atoms with Gasteiger partial charge in [-0.2, -0.15) is 0 Å². The first-order valence-electron chi connectivity index (χ1n) is 7.26. The zero-order valence-corrected chi connectivity index (χ0v) is 12.1. The van der Waals surface area contributed by atoms with Crippen LogP contribution in [-0.4, -0.2) is 40.8 Å². The number of fused-ring (bicyclic) bond motifs is 1. The molecule has 2 aromatic rings. The molecule has 0 radical (unpaired) electrons. The van der Waals surface area contributed by atoms with Gasteiger partial charge in [0.2, 0.25) is 11.8 Å². The maximum atomic E-state index is 12.4. The summed E-state index contributed by atoms with van der Waals surface area (Å²) in [6, 6.07) is 7.49. The zero-order valence-electron chi connectivity index (χ0n) is 12.1. The van der Waals surface area contributed by atoms with Crippen LogP contribution in [0.1, 0.15) is 18.9 Å². The zero-order chi connectivity index (χ0) is 14.8. The summed E-state index contributed by atoms with van der Waals surface area (Å²) >= 11 is 0. The van der Waals surface area contributed by atoms with Crippen molar-refractivity contribution < 1.29 is 9.59 Å². The van der Waals surface area contributed by atoms with Crippen molar-refractivity contribution in [1.82, 2.24) is 15.2 Å². The summed E-state index contributed by atoms with van der Waals surface area (Å²) in [5, 5.41) is 3.89. The van der Waals surface area contributed by atoms with Gasteiger partial charge in [-0.3, -0.25) is 9.59 Å². The predicted octanol–water partition coefficient (Wildman–Crippen LogP) is 1.45. The van der Waals surface area contributed by atoms with E-state index in [1.54, 1.807) is 4.90 Å². The number of aromatic nitrogens is 1. The highest BCUT2D eigenvalue weighted by Gasteiger charge is 2.29. The molecule has 3 rings (SSSR count). The van der Waals surface area contributed by atoms with E-state index in [1.807, 2.05) is 30.5 Å². The molecule has 1 aromatic heterocycles. The molecule has 1 fully saturated rings. The van der Waals surface area contributed by atoms with Gasteiger partial charge in [-0.05, 0) is 18.1 Å². The second kappa shape index (κ2) is 5.60. The first-order valence-corrected chi connectivity index (χ1v) is 7.26. The smallest absolute Gasteiger partial charge is 0.245 e. The minimum Gasteiger partial charge on any atom is -0.361 e. The molecule has 1 saturated heterocycles. The Morgan fingerprint density at radius 1 is 1.33 bits per heavy atom. The average Bonchev–Trinajstić information content (AvgIpc) is 2.79. The maximum absolute atomic E-state index is 12.4. The Hall–Kier alpha value is -2.30. The third-order valence-electron chi connectivity index (χ3n) is 3.94. The SMILES string of the molecule is CC(=O)N[C@H](Cc1c[nH]c2ccccc12)C(=O)N1CCC1. The number of aromatic amines is 1. The molecule has 110 valence electrons. The lowest BCUT2D eigenvalue weighted by Gasteiger charge is -2.34. The van der Waals surface area contributed by atoms with Crippen LogP contribution in [0, 0.1) is 0 Å². The molecule has 0 unspecified atom stereocenters. The largest absolute Gasteiger partial charge is 0.361 e. The Morgan fingerprint density at radius 3 is 2.76 bits per heavy atom. The minimum absolute atomic E-state index is 0.0155. The summed E-state index contributed by atoms with van der Waals surface area (Å²) < 4.78 is 0. The summed E-state index contributed by atoms with van der Waals surface area (Å²) in [5.41, 5.74) is 2.10. The summed E-state index contributed by atoms with van der Waals surface area (Å²) in [5.74, 6) is -0.157. The van der Waals surface area contributed by atoms with E-state index < -0.39 is 6.04 Å². The van der Waals surface area contributed by atoms with Crippen molar-refractivity contribution in [1.29, 1.82) is 0 Å². The molecule has 0 spiro atoms. The van der Waals surface area contributed by atoms with Crippen molar-refractivity contribution in [2.75, 3.05) is 13.1 Å². The molecule has 2 N–H and O–H groups in total. The summed E-state index contributed by atoms with van der Waals surface area (Å²) in [6.07, 6.45) is 3.48. The van der Waals surface area contributed by atoms with Gasteiger partial charge in [-0.25, -0.2) is 0 Å². The third-order valence-corrected chi connectivity index (χ3v) is 3.94. The van der Waals surface area contributed by atoms with E-state index in [9.17, 15) is 9.59 Å². The normalized spacial score (nSPS) is 15.6. The van der Waals surface area contributed by atoms with E-state index in [0.29, 0.717) is 6.42 Å². The number of rotatable bonds is 4. The Bertz CT molecular complexity index is 673. The first kappa shape index (κ1) is 13.7. The maximum Gasteiger partial charge on any atom is 0.245 e. The van der Waals surface area contributed by atoms with E-state index in [4.69, 9.17) is 0 Å². The van der Waals surface area contributed by atoms with E-state index in [2.05, 4.69) is 10.3 Å². The van der Waals surface area contributed by atoms with Gasteiger partial charge >= 0.3 is 0 Å². The van der Waals surface area contributed by atoms with Gasteiger partial charge in [0.15, 0.2) is 0 Å². The fourth-order valence-electron chi connectivity index (χ4n) is 2.72. The van der Waals surface area contributed by atoms with E-state index in [1.165, 1.54) is 6.92 Å². The molecule has 0 saturated carbocycles. The lowest BCUT2D eigenvalue weighted by Crippen LogP contribution is -2.53. The van der Waals surface area contributed by atoms with Gasteiger partial charge in [0.05, 0.1) is 0 Å². The molecular formula is C16H19N3O2. The summed E-state index contributed by atoms with van der Waals surface area (Å²) in [4.78, 5) is 28.8. The van der Waals surface area contributed by atoms with Crippen molar-refractivity contribution in [3.63, 3.8) is 0 Å². The van der Waals surface area contributed by atoms with Crippen LogP contribution >= 0.6 is 0 Å². The number of hydrogen-bond acceptors (Lipinski definition) is 2. The number of hydrogen-bond donors (Lipinski definition) is 2. The molecule has 1 aliphatic rings. The van der Waals surface area contributed by atoms with Gasteiger partial charge in [-0.1, -0.05) is 18.2 Å². The van der Waals surface area contributed by atoms with Crippen LogP contribution in [0.2, 0.25) is 0 Å². The lowest BCUT2D eigenvalue weighted by molar-refractivity contribution is -0.139. The topological polar surface area (TPSA) is 65.2 Å². The molecule has 1 aromatic carbocycles. The van der Waals surface area contributed by atoms with Gasteiger partial charge in [0.25, 0.3) is 0 Å².